The molecule has 25 heavy (non-hydrogen) atoms. The van der Waals surface area contributed by atoms with E-state index < -0.39 is 0 Å². The van der Waals surface area contributed by atoms with Gasteiger partial charge >= 0.3 is 0 Å². The van der Waals surface area contributed by atoms with Gasteiger partial charge in [-0.1, -0.05) is 37.1 Å². The number of amides is 1. The summed E-state index contributed by atoms with van der Waals surface area (Å²) in [6.07, 6.45) is 7.15. The maximum absolute atomic E-state index is 12.6. The molecule has 4 heteroatoms. The standard InChI is InChI=1S/C21H25NO3/c1-2-9-17-10-5-6-11-19(17)24-16-18-12-13-20(25-18)21(23)22-14-7-3-4-8-15-22/h2,5-6,10-13H,1,3-4,7-9,14-16H2. The van der Waals surface area contributed by atoms with E-state index in [1.54, 1.807) is 6.07 Å². The Morgan fingerprint density at radius 1 is 1.12 bits per heavy atom. The minimum Gasteiger partial charge on any atom is -0.485 e. The molecule has 0 N–H and O–H groups in total. The maximum Gasteiger partial charge on any atom is 0.289 e. The summed E-state index contributed by atoms with van der Waals surface area (Å²) in [5.41, 5.74) is 1.09. The van der Waals surface area contributed by atoms with Crippen molar-refractivity contribution in [2.45, 2.75) is 38.7 Å². The molecule has 2 aromatic rings. The molecule has 1 fully saturated rings. The quantitative estimate of drug-likeness (QED) is 0.722. The second-order valence-corrected chi connectivity index (χ2v) is 6.36. The van der Waals surface area contributed by atoms with Crippen molar-refractivity contribution in [3.8, 4) is 5.75 Å². The Morgan fingerprint density at radius 3 is 2.64 bits per heavy atom. The number of para-hydroxylation sites is 1. The minimum absolute atomic E-state index is 0.0137. The average molecular weight is 339 g/mol. The van der Waals surface area contributed by atoms with Crippen LogP contribution in [0.5, 0.6) is 5.75 Å². The summed E-state index contributed by atoms with van der Waals surface area (Å²) >= 11 is 0. The van der Waals surface area contributed by atoms with E-state index in [0.717, 1.165) is 43.7 Å². The lowest BCUT2D eigenvalue weighted by molar-refractivity contribution is 0.0725. The molecule has 0 saturated carbocycles. The Labute approximate surface area is 149 Å². The highest BCUT2D eigenvalue weighted by molar-refractivity contribution is 5.91. The van der Waals surface area contributed by atoms with E-state index >= 15 is 0 Å². The van der Waals surface area contributed by atoms with Gasteiger partial charge in [0.1, 0.15) is 18.1 Å². The first-order valence-electron chi connectivity index (χ1n) is 8.97. The average Bonchev–Trinajstić information content (AvgIpc) is 2.94. The van der Waals surface area contributed by atoms with Crippen molar-refractivity contribution in [3.63, 3.8) is 0 Å². The smallest absolute Gasteiger partial charge is 0.289 e. The van der Waals surface area contributed by atoms with Crippen LogP contribution in [-0.4, -0.2) is 23.9 Å². The number of hydrogen-bond donors (Lipinski definition) is 0. The Hall–Kier alpha value is -2.49. The van der Waals surface area contributed by atoms with Gasteiger partial charge in [-0.3, -0.25) is 4.79 Å². The molecule has 132 valence electrons. The zero-order valence-electron chi connectivity index (χ0n) is 14.6. The highest BCUT2D eigenvalue weighted by Crippen LogP contribution is 2.21. The first-order valence-corrected chi connectivity index (χ1v) is 8.97. The molecule has 0 radical (unpaired) electrons. The second kappa shape index (κ2) is 8.56. The SMILES string of the molecule is C=CCc1ccccc1OCc1ccc(C(=O)N2CCCCCC2)o1. The Morgan fingerprint density at radius 2 is 1.88 bits per heavy atom. The molecule has 1 aliphatic heterocycles. The normalized spacial score (nSPS) is 14.8. The molecule has 3 rings (SSSR count). The van der Waals surface area contributed by atoms with Crippen molar-refractivity contribution in [2.75, 3.05) is 13.1 Å². The van der Waals surface area contributed by atoms with E-state index in [1.165, 1.54) is 12.8 Å². The van der Waals surface area contributed by atoms with Gasteiger partial charge in [0, 0.05) is 13.1 Å². The van der Waals surface area contributed by atoms with Crippen molar-refractivity contribution in [1.82, 2.24) is 4.90 Å². The third kappa shape index (κ3) is 4.53. The fraction of sp³-hybridized carbons (Fsp3) is 0.381. The van der Waals surface area contributed by atoms with Gasteiger partial charge in [0.05, 0.1) is 0 Å². The van der Waals surface area contributed by atoms with E-state index in [-0.39, 0.29) is 5.91 Å². The van der Waals surface area contributed by atoms with Crippen molar-refractivity contribution < 1.29 is 13.9 Å². The highest BCUT2D eigenvalue weighted by atomic mass is 16.5. The summed E-state index contributed by atoms with van der Waals surface area (Å²) in [6.45, 7) is 5.72. The Balaban J connectivity index is 1.62. The van der Waals surface area contributed by atoms with Crippen LogP contribution in [0, 0.1) is 0 Å². The summed E-state index contributed by atoms with van der Waals surface area (Å²) in [5, 5.41) is 0. The Kier molecular flexibility index (Phi) is 5.94. The van der Waals surface area contributed by atoms with Crippen LogP contribution in [0.2, 0.25) is 0 Å². The number of carbonyl (C=O) groups excluding carboxylic acids is 1. The highest BCUT2D eigenvalue weighted by Gasteiger charge is 2.20. The van der Waals surface area contributed by atoms with E-state index in [2.05, 4.69) is 6.58 Å². The third-order valence-electron chi connectivity index (χ3n) is 4.47. The lowest BCUT2D eigenvalue weighted by Crippen LogP contribution is -2.31. The predicted octanol–water partition coefficient (Wildman–Crippen LogP) is 4.60. The van der Waals surface area contributed by atoms with E-state index in [1.807, 2.05) is 41.3 Å². The Bertz CT molecular complexity index is 711. The number of hydrogen-bond acceptors (Lipinski definition) is 3. The fourth-order valence-electron chi connectivity index (χ4n) is 3.12. The zero-order valence-corrected chi connectivity index (χ0v) is 14.6. The largest absolute Gasteiger partial charge is 0.485 e. The van der Waals surface area contributed by atoms with Gasteiger partial charge in [-0.2, -0.15) is 0 Å². The number of ether oxygens (including phenoxy) is 1. The summed E-state index contributed by atoms with van der Waals surface area (Å²) < 4.78 is 11.6. The number of rotatable bonds is 6. The predicted molar refractivity (Wildman–Crippen MR) is 97.8 cm³/mol. The van der Waals surface area contributed by atoms with Crippen LogP contribution in [-0.2, 0) is 13.0 Å². The summed E-state index contributed by atoms with van der Waals surface area (Å²) in [6, 6.07) is 11.5. The van der Waals surface area contributed by atoms with Gasteiger partial charge in [-0.15, -0.1) is 6.58 Å². The molecule has 0 spiro atoms. The summed E-state index contributed by atoms with van der Waals surface area (Å²) in [4.78, 5) is 14.5. The van der Waals surface area contributed by atoms with Gasteiger partial charge in [0.25, 0.3) is 5.91 Å². The lowest BCUT2D eigenvalue weighted by atomic mass is 10.1. The first kappa shape index (κ1) is 17.3. The molecule has 2 heterocycles. The van der Waals surface area contributed by atoms with Gasteiger partial charge in [0.15, 0.2) is 5.76 Å². The van der Waals surface area contributed by atoms with Crippen LogP contribution in [0.1, 0.15) is 47.6 Å². The molecule has 0 atom stereocenters. The molecule has 0 bridgehead atoms. The van der Waals surface area contributed by atoms with Crippen LogP contribution < -0.4 is 4.74 Å². The summed E-state index contributed by atoms with van der Waals surface area (Å²) in [7, 11) is 0. The van der Waals surface area contributed by atoms with E-state index in [0.29, 0.717) is 18.1 Å². The van der Waals surface area contributed by atoms with Gasteiger partial charge < -0.3 is 14.1 Å². The molecule has 1 amide bonds. The number of benzene rings is 1. The van der Waals surface area contributed by atoms with Gasteiger partial charge in [0.2, 0.25) is 0 Å². The van der Waals surface area contributed by atoms with Gasteiger partial charge in [-0.25, -0.2) is 0 Å². The molecule has 1 saturated heterocycles. The van der Waals surface area contributed by atoms with Crippen molar-refractivity contribution >= 4 is 5.91 Å². The van der Waals surface area contributed by atoms with Crippen molar-refractivity contribution in [1.29, 1.82) is 0 Å². The van der Waals surface area contributed by atoms with Crippen molar-refractivity contribution in [3.05, 3.63) is 66.1 Å². The number of nitrogens with zero attached hydrogens (tertiary/aromatic N) is 1. The molecule has 0 aliphatic carbocycles. The van der Waals surface area contributed by atoms with Crippen LogP contribution in [0.3, 0.4) is 0 Å². The second-order valence-electron chi connectivity index (χ2n) is 6.36. The number of carbonyl (C=O) groups is 1. The molecule has 1 aromatic carbocycles. The molecule has 4 nitrogen and oxygen atoms in total. The third-order valence-corrected chi connectivity index (χ3v) is 4.47. The van der Waals surface area contributed by atoms with Crippen molar-refractivity contribution in [2.24, 2.45) is 0 Å². The van der Waals surface area contributed by atoms with Crippen LogP contribution in [0.25, 0.3) is 0 Å². The first-order chi connectivity index (χ1) is 12.3. The molecule has 1 aliphatic rings. The van der Waals surface area contributed by atoms with E-state index in [9.17, 15) is 4.79 Å². The van der Waals surface area contributed by atoms with Crippen LogP contribution in [0.15, 0.2) is 53.5 Å². The summed E-state index contributed by atoms with van der Waals surface area (Å²) in [5.74, 6) is 1.87. The zero-order chi connectivity index (χ0) is 17.5. The minimum atomic E-state index is -0.0137. The monoisotopic (exact) mass is 339 g/mol. The fourth-order valence-corrected chi connectivity index (χ4v) is 3.12. The molecule has 1 aromatic heterocycles. The van der Waals surface area contributed by atoms with Gasteiger partial charge in [-0.05, 0) is 43.0 Å². The number of likely N-dealkylation sites (tertiary alicyclic amines) is 1. The maximum atomic E-state index is 12.6. The van der Waals surface area contributed by atoms with E-state index in [4.69, 9.17) is 9.15 Å². The lowest BCUT2D eigenvalue weighted by Gasteiger charge is -2.18. The van der Waals surface area contributed by atoms with Crippen LogP contribution >= 0.6 is 0 Å². The van der Waals surface area contributed by atoms with Crippen LogP contribution in [0.4, 0.5) is 0 Å². The molecular formula is C21H25NO3. The molecular weight excluding hydrogens is 314 g/mol. The molecule has 0 unspecified atom stereocenters. The number of furan rings is 1. The number of allylic oxidation sites excluding steroid dienone is 1. The topological polar surface area (TPSA) is 42.7 Å².